The van der Waals surface area contributed by atoms with Crippen LogP contribution in [0.5, 0.6) is 0 Å². The van der Waals surface area contributed by atoms with Crippen LogP contribution >= 0.6 is 24.0 Å². The van der Waals surface area contributed by atoms with Crippen LogP contribution in [-0.2, 0) is 10.2 Å². The predicted molar refractivity (Wildman–Crippen MR) is 79.0 cm³/mol. The van der Waals surface area contributed by atoms with E-state index in [0.717, 1.165) is 37.5 Å². The molecule has 2 fully saturated rings. The molecule has 1 saturated heterocycles. The largest absolute Gasteiger partial charge is 0.355 e. The Bertz CT molecular complexity index is 453. The third-order valence-electron chi connectivity index (χ3n) is 4.06. The zero-order chi connectivity index (χ0) is 12.6. The van der Waals surface area contributed by atoms with Crippen molar-refractivity contribution in [2.45, 2.75) is 18.3 Å². The lowest BCUT2D eigenvalue weighted by Crippen LogP contribution is -2.51. The maximum Gasteiger partial charge on any atom is 0.225 e. The molecule has 1 aromatic rings. The normalized spacial score (nSPS) is 20.1. The molecule has 1 amide bonds. The molecule has 0 radical (unpaired) electrons. The second-order valence-corrected chi connectivity index (χ2v) is 5.80. The highest BCUT2D eigenvalue weighted by atomic mass is 35.5. The van der Waals surface area contributed by atoms with Gasteiger partial charge in [-0.2, -0.15) is 0 Å². The Labute approximate surface area is 124 Å². The van der Waals surface area contributed by atoms with Crippen molar-refractivity contribution in [1.82, 2.24) is 10.6 Å². The summed E-state index contributed by atoms with van der Waals surface area (Å²) >= 11 is 5.90. The number of carbonyl (C=O) groups is 1. The van der Waals surface area contributed by atoms with Crippen molar-refractivity contribution in [3.63, 3.8) is 0 Å². The zero-order valence-corrected chi connectivity index (χ0v) is 12.2. The van der Waals surface area contributed by atoms with Crippen LogP contribution in [0.1, 0.15) is 18.4 Å². The minimum Gasteiger partial charge on any atom is -0.355 e. The van der Waals surface area contributed by atoms with Crippen molar-refractivity contribution >= 4 is 29.9 Å². The van der Waals surface area contributed by atoms with Crippen molar-refractivity contribution < 1.29 is 4.79 Å². The van der Waals surface area contributed by atoms with Gasteiger partial charge in [-0.05, 0) is 30.5 Å². The van der Waals surface area contributed by atoms with Crippen LogP contribution in [0.2, 0.25) is 5.02 Å². The highest BCUT2D eigenvalue weighted by Crippen LogP contribution is 2.47. The van der Waals surface area contributed by atoms with Crippen LogP contribution in [-0.4, -0.2) is 25.5 Å². The minimum absolute atomic E-state index is 0. The summed E-state index contributed by atoms with van der Waals surface area (Å²) in [5.41, 5.74) is 1.45. The molecule has 0 atom stereocenters. The number of rotatable bonds is 4. The molecule has 2 aliphatic rings. The number of benzene rings is 1. The fourth-order valence-electron chi connectivity index (χ4n) is 2.40. The SMILES string of the molecule is Cl.O=C(NCC1(c2ccc(Cl)cc2)CC1)C1CNC1. The molecule has 3 rings (SSSR count). The van der Waals surface area contributed by atoms with E-state index >= 15 is 0 Å². The zero-order valence-electron chi connectivity index (χ0n) is 10.6. The van der Waals surface area contributed by atoms with Gasteiger partial charge in [0, 0.05) is 30.1 Å². The van der Waals surface area contributed by atoms with Crippen LogP contribution in [0.4, 0.5) is 0 Å². The maximum absolute atomic E-state index is 11.8. The average molecular weight is 301 g/mol. The van der Waals surface area contributed by atoms with E-state index in [9.17, 15) is 4.79 Å². The first-order chi connectivity index (χ1) is 8.70. The first-order valence-corrected chi connectivity index (χ1v) is 6.82. The topological polar surface area (TPSA) is 41.1 Å². The van der Waals surface area contributed by atoms with Crippen LogP contribution in [0.3, 0.4) is 0 Å². The van der Waals surface area contributed by atoms with Crippen LogP contribution in [0, 0.1) is 5.92 Å². The average Bonchev–Trinajstić information content (AvgIpc) is 3.06. The highest BCUT2D eigenvalue weighted by Gasteiger charge is 2.44. The summed E-state index contributed by atoms with van der Waals surface area (Å²) in [6.45, 7) is 2.39. The number of hydrogen-bond donors (Lipinski definition) is 2. The van der Waals surface area contributed by atoms with Crippen molar-refractivity contribution in [2.75, 3.05) is 19.6 Å². The van der Waals surface area contributed by atoms with Gasteiger partial charge < -0.3 is 10.6 Å². The predicted octanol–water partition coefficient (Wildman–Crippen LogP) is 2.13. The number of halogens is 2. The van der Waals surface area contributed by atoms with Gasteiger partial charge in [0.05, 0.1) is 5.92 Å². The lowest BCUT2D eigenvalue weighted by atomic mass is 9.95. The number of nitrogens with one attached hydrogen (secondary N) is 2. The molecule has 104 valence electrons. The van der Waals surface area contributed by atoms with Crippen molar-refractivity contribution in [3.05, 3.63) is 34.9 Å². The van der Waals surface area contributed by atoms with Crippen molar-refractivity contribution in [2.24, 2.45) is 5.92 Å². The van der Waals surface area contributed by atoms with Crippen LogP contribution in [0.25, 0.3) is 0 Å². The molecule has 1 saturated carbocycles. The molecular weight excluding hydrogens is 283 g/mol. The van der Waals surface area contributed by atoms with E-state index in [0.29, 0.717) is 0 Å². The van der Waals surface area contributed by atoms with E-state index in [1.807, 2.05) is 12.1 Å². The Kier molecular flexibility index (Phi) is 4.39. The molecule has 1 aliphatic heterocycles. The molecule has 2 N–H and O–H groups in total. The molecule has 0 bridgehead atoms. The molecule has 0 aromatic heterocycles. The van der Waals surface area contributed by atoms with Gasteiger partial charge in [-0.25, -0.2) is 0 Å². The van der Waals surface area contributed by atoms with Crippen LogP contribution < -0.4 is 10.6 Å². The van der Waals surface area contributed by atoms with Gasteiger partial charge in [0.15, 0.2) is 0 Å². The van der Waals surface area contributed by atoms with E-state index in [1.165, 1.54) is 5.56 Å². The Morgan fingerprint density at radius 3 is 2.42 bits per heavy atom. The summed E-state index contributed by atoms with van der Waals surface area (Å²) in [6.07, 6.45) is 2.30. The van der Waals surface area contributed by atoms with Gasteiger partial charge in [0.2, 0.25) is 5.91 Å². The first kappa shape index (κ1) is 14.6. The molecule has 0 spiro atoms. The quantitative estimate of drug-likeness (QED) is 0.894. The summed E-state index contributed by atoms with van der Waals surface area (Å²) in [4.78, 5) is 11.8. The molecule has 1 aliphatic carbocycles. The van der Waals surface area contributed by atoms with E-state index in [1.54, 1.807) is 0 Å². The van der Waals surface area contributed by atoms with Gasteiger partial charge in [0.1, 0.15) is 0 Å². The first-order valence-electron chi connectivity index (χ1n) is 6.44. The van der Waals surface area contributed by atoms with Gasteiger partial charge >= 0.3 is 0 Å². The van der Waals surface area contributed by atoms with Gasteiger partial charge in [-0.1, -0.05) is 23.7 Å². The van der Waals surface area contributed by atoms with E-state index < -0.39 is 0 Å². The Morgan fingerprint density at radius 1 is 1.32 bits per heavy atom. The lowest BCUT2D eigenvalue weighted by Gasteiger charge is -2.27. The van der Waals surface area contributed by atoms with Crippen LogP contribution in [0.15, 0.2) is 24.3 Å². The number of hydrogen-bond acceptors (Lipinski definition) is 2. The lowest BCUT2D eigenvalue weighted by molar-refractivity contribution is -0.126. The molecule has 0 unspecified atom stereocenters. The Morgan fingerprint density at radius 2 is 1.95 bits per heavy atom. The van der Waals surface area contributed by atoms with E-state index in [2.05, 4.69) is 22.8 Å². The van der Waals surface area contributed by atoms with E-state index in [4.69, 9.17) is 11.6 Å². The molecule has 3 nitrogen and oxygen atoms in total. The second-order valence-electron chi connectivity index (χ2n) is 5.36. The van der Waals surface area contributed by atoms with Crippen molar-refractivity contribution in [3.8, 4) is 0 Å². The summed E-state index contributed by atoms with van der Waals surface area (Å²) in [7, 11) is 0. The fourth-order valence-corrected chi connectivity index (χ4v) is 2.52. The smallest absolute Gasteiger partial charge is 0.225 e. The summed E-state index contributed by atoms with van der Waals surface area (Å²) < 4.78 is 0. The Balaban J connectivity index is 0.00000133. The fraction of sp³-hybridized carbons (Fsp3) is 0.500. The van der Waals surface area contributed by atoms with Gasteiger partial charge in [-0.15, -0.1) is 12.4 Å². The minimum atomic E-state index is 0. The molecule has 1 aromatic carbocycles. The molecule has 1 heterocycles. The van der Waals surface area contributed by atoms with Gasteiger partial charge in [0.25, 0.3) is 0 Å². The second kappa shape index (κ2) is 5.70. The monoisotopic (exact) mass is 300 g/mol. The standard InChI is InChI=1S/C14H17ClN2O.ClH/c15-12-3-1-11(2-4-12)14(5-6-14)9-17-13(18)10-7-16-8-10;/h1-4,10,16H,5-9H2,(H,17,18);1H. The Hall–Kier alpha value is -0.770. The highest BCUT2D eigenvalue weighted by molar-refractivity contribution is 6.30. The number of carbonyl (C=O) groups excluding carboxylic acids is 1. The third kappa shape index (κ3) is 3.04. The maximum atomic E-state index is 11.8. The third-order valence-corrected chi connectivity index (χ3v) is 4.32. The number of amides is 1. The van der Waals surface area contributed by atoms with E-state index in [-0.39, 0.29) is 29.6 Å². The van der Waals surface area contributed by atoms with Crippen molar-refractivity contribution in [1.29, 1.82) is 0 Å². The molecule has 19 heavy (non-hydrogen) atoms. The molecule has 5 heteroatoms. The molecular formula is C14H18Cl2N2O. The van der Waals surface area contributed by atoms with Gasteiger partial charge in [-0.3, -0.25) is 4.79 Å². The summed E-state index contributed by atoms with van der Waals surface area (Å²) in [5, 5.41) is 6.97. The summed E-state index contributed by atoms with van der Waals surface area (Å²) in [5.74, 6) is 0.361. The summed E-state index contributed by atoms with van der Waals surface area (Å²) in [6, 6.07) is 8.00.